The molecule has 2 aromatic carbocycles. The molecule has 0 aliphatic carbocycles. The molecule has 2 nitrogen and oxygen atoms in total. The SMILES string of the molecule is CN(C)CC(O)(CC#Cc1ccccc1)c1ccccc1. The number of hydrogen-bond donors (Lipinski definition) is 1. The van der Waals surface area contributed by atoms with Crippen molar-refractivity contribution in [3.05, 3.63) is 71.8 Å². The van der Waals surface area contributed by atoms with Crippen LogP contribution in [0.25, 0.3) is 0 Å². The number of rotatable bonds is 4. The second-order valence-electron chi connectivity index (χ2n) is 5.48. The van der Waals surface area contributed by atoms with Gasteiger partial charge in [0.1, 0.15) is 5.60 Å². The van der Waals surface area contributed by atoms with E-state index in [0.717, 1.165) is 11.1 Å². The largest absolute Gasteiger partial charge is 0.383 e. The number of aliphatic hydroxyl groups is 1. The topological polar surface area (TPSA) is 23.5 Å². The van der Waals surface area contributed by atoms with Crippen LogP contribution < -0.4 is 0 Å². The van der Waals surface area contributed by atoms with Crippen LogP contribution >= 0.6 is 0 Å². The van der Waals surface area contributed by atoms with E-state index in [1.165, 1.54) is 0 Å². The third-order valence-electron chi connectivity index (χ3n) is 3.28. The first kappa shape index (κ1) is 15.3. The molecule has 1 N–H and O–H groups in total. The molecule has 2 heteroatoms. The lowest BCUT2D eigenvalue weighted by atomic mass is 9.90. The molecular formula is C19H21NO. The van der Waals surface area contributed by atoms with Gasteiger partial charge in [0, 0.05) is 18.5 Å². The number of nitrogens with zero attached hydrogens (tertiary/aromatic N) is 1. The maximum Gasteiger partial charge on any atom is 0.113 e. The van der Waals surface area contributed by atoms with Crippen molar-refractivity contribution in [1.82, 2.24) is 4.90 Å². The molecule has 0 aliphatic heterocycles. The molecule has 0 aliphatic rings. The second kappa shape index (κ2) is 7.08. The summed E-state index contributed by atoms with van der Waals surface area (Å²) < 4.78 is 0. The molecule has 0 aromatic heterocycles. The molecule has 0 saturated heterocycles. The Morgan fingerprint density at radius 3 is 2.10 bits per heavy atom. The molecular weight excluding hydrogens is 258 g/mol. The summed E-state index contributed by atoms with van der Waals surface area (Å²) in [5, 5.41) is 11.0. The smallest absolute Gasteiger partial charge is 0.113 e. The van der Waals surface area contributed by atoms with Gasteiger partial charge < -0.3 is 10.0 Å². The standard InChI is InChI=1S/C19H21NO/c1-20(2)16-19(21,18-13-7-4-8-14-18)15-9-12-17-10-5-3-6-11-17/h3-8,10-11,13-14,21H,15-16H2,1-2H3. The lowest BCUT2D eigenvalue weighted by Gasteiger charge is -2.29. The normalized spacial score (nSPS) is 13.3. The Balaban J connectivity index is 2.20. The van der Waals surface area contributed by atoms with Crippen molar-refractivity contribution in [3.8, 4) is 11.8 Å². The molecule has 21 heavy (non-hydrogen) atoms. The van der Waals surface area contributed by atoms with Crippen molar-refractivity contribution in [2.24, 2.45) is 0 Å². The third kappa shape index (κ3) is 4.46. The van der Waals surface area contributed by atoms with Crippen LogP contribution in [0.4, 0.5) is 0 Å². The van der Waals surface area contributed by atoms with E-state index in [4.69, 9.17) is 0 Å². The molecule has 0 bridgehead atoms. The maximum atomic E-state index is 11.0. The first-order valence-electron chi connectivity index (χ1n) is 7.07. The van der Waals surface area contributed by atoms with E-state index < -0.39 is 5.60 Å². The van der Waals surface area contributed by atoms with Crippen LogP contribution in [-0.2, 0) is 5.60 Å². The van der Waals surface area contributed by atoms with E-state index in [-0.39, 0.29) is 0 Å². The summed E-state index contributed by atoms with van der Waals surface area (Å²) in [6, 6.07) is 19.6. The fourth-order valence-electron chi connectivity index (χ4n) is 2.33. The first-order valence-corrected chi connectivity index (χ1v) is 7.07. The minimum atomic E-state index is -0.952. The van der Waals surface area contributed by atoms with E-state index >= 15 is 0 Å². The number of benzene rings is 2. The Kier molecular flexibility index (Phi) is 5.16. The van der Waals surface area contributed by atoms with Crippen LogP contribution in [0.3, 0.4) is 0 Å². The fraction of sp³-hybridized carbons (Fsp3) is 0.263. The molecule has 108 valence electrons. The third-order valence-corrected chi connectivity index (χ3v) is 3.28. The molecule has 0 saturated carbocycles. The van der Waals surface area contributed by atoms with Gasteiger partial charge in [0.15, 0.2) is 0 Å². The average Bonchev–Trinajstić information content (AvgIpc) is 2.48. The molecule has 0 heterocycles. The van der Waals surface area contributed by atoms with E-state index in [9.17, 15) is 5.11 Å². The van der Waals surface area contributed by atoms with Crippen LogP contribution in [0.5, 0.6) is 0 Å². The highest BCUT2D eigenvalue weighted by Gasteiger charge is 2.28. The van der Waals surface area contributed by atoms with Gasteiger partial charge in [-0.25, -0.2) is 0 Å². The van der Waals surface area contributed by atoms with E-state index in [2.05, 4.69) is 11.8 Å². The summed E-state index contributed by atoms with van der Waals surface area (Å²) in [5.74, 6) is 6.23. The van der Waals surface area contributed by atoms with Gasteiger partial charge in [0.25, 0.3) is 0 Å². The predicted molar refractivity (Wildman–Crippen MR) is 86.8 cm³/mol. The van der Waals surface area contributed by atoms with Crippen molar-refractivity contribution in [3.63, 3.8) is 0 Å². The summed E-state index contributed by atoms with van der Waals surface area (Å²) in [7, 11) is 3.91. The monoisotopic (exact) mass is 279 g/mol. The molecule has 1 atom stereocenters. The van der Waals surface area contributed by atoms with E-state index in [1.54, 1.807) is 0 Å². The maximum absolute atomic E-state index is 11.0. The molecule has 0 amide bonds. The highest BCUT2D eigenvalue weighted by molar-refractivity contribution is 5.35. The average molecular weight is 279 g/mol. The van der Waals surface area contributed by atoms with E-state index in [1.807, 2.05) is 79.7 Å². The van der Waals surface area contributed by atoms with Crippen molar-refractivity contribution in [2.75, 3.05) is 20.6 Å². The molecule has 2 aromatic rings. The molecule has 0 radical (unpaired) electrons. The predicted octanol–water partition coefficient (Wildman–Crippen LogP) is 2.88. The Hall–Kier alpha value is -2.08. The minimum Gasteiger partial charge on any atom is -0.383 e. The van der Waals surface area contributed by atoms with Crippen LogP contribution in [0.1, 0.15) is 17.5 Å². The first-order chi connectivity index (χ1) is 10.1. The van der Waals surface area contributed by atoms with Crippen molar-refractivity contribution >= 4 is 0 Å². The highest BCUT2D eigenvalue weighted by Crippen LogP contribution is 2.25. The summed E-state index contributed by atoms with van der Waals surface area (Å²) in [6.07, 6.45) is 0.407. The summed E-state index contributed by atoms with van der Waals surface area (Å²) in [5.41, 5.74) is 0.922. The van der Waals surface area contributed by atoms with Gasteiger partial charge in [-0.3, -0.25) is 0 Å². The van der Waals surface area contributed by atoms with Crippen molar-refractivity contribution in [1.29, 1.82) is 0 Å². The number of likely N-dealkylation sites (N-methyl/N-ethyl adjacent to an activating group) is 1. The Labute approximate surface area is 127 Å². The lowest BCUT2D eigenvalue weighted by molar-refractivity contribution is 0.0163. The number of hydrogen-bond acceptors (Lipinski definition) is 2. The van der Waals surface area contributed by atoms with Gasteiger partial charge >= 0.3 is 0 Å². The van der Waals surface area contributed by atoms with Gasteiger partial charge in [-0.15, -0.1) is 0 Å². The second-order valence-corrected chi connectivity index (χ2v) is 5.48. The highest BCUT2D eigenvalue weighted by atomic mass is 16.3. The van der Waals surface area contributed by atoms with Gasteiger partial charge in [-0.1, -0.05) is 60.4 Å². The van der Waals surface area contributed by atoms with E-state index in [0.29, 0.717) is 13.0 Å². The Morgan fingerprint density at radius 2 is 1.52 bits per heavy atom. The van der Waals surface area contributed by atoms with Crippen molar-refractivity contribution in [2.45, 2.75) is 12.0 Å². The quantitative estimate of drug-likeness (QED) is 0.870. The fourth-order valence-corrected chi connectivity index (χ4v) is 2.33. The van der Waals surface area contributed by atoms with Gasteiger partial charge in [0.2, 0.25) is 0 Å². The summed E-state index contributed by atoms with van der Waals surface area (Å²) in [4.78, 5) is 1.98. The van der Waals surface area contributed by atoms with Crippen LogP contribution in [0.2, 0.25) is 0 Å². The van der Waals surface area contributed by atoms with Crippen LogP contribution in [0.15, 0.2) is 60.7 Å². The van der Waals surface area contributed by atoms with Crippen LogP contribution in [-0.4, -0.2) is 30.6 Å². The van der Waals surface area contributed by atoms with Crippen LogP contribution in [0, 0.1) is 11.8 Å². The van der Waals surface area contributed by atoms with Gasteiger partial charge in [-0.05, 0) is 31.8 Å². The zero-order valence-corrected chi connectivity index (χ0v) is 12.6. The van der Waals surface area contributed by atoms with Gasteiger partial charge in [-0.2, -0.15) is 0 Å². The summed E-state index contributed by atoms with van der Waals surface area (Å²) >= 11 is 0. The summed E-state index contributed by atoms with van der Waals surface area (Å²) in [6.45, 7) is 0.542. The molecule has 1 unspecified atom stereocenters. The van der Waals surface area contributed by atoms with Crippen molar-refractivity contribution < 1.29 is 5.11 Å². The molecule has 0 spiro atoms. The van der Waals surface area contributed by atoms with Gasteiger partial charge in [0.05, 0.1) is 0 Å². The molecule has 2 rings (SSSR count). The Bertz CT molecular complexity index is 610. The molecule has 0 fully saturated rings. The zero-order chi connectivity index (χ0) is 15.1. The Morgan fingerprint density at radius 1 is 0.952 bits per heavy atom. The lowest BCUT2D eigenvalue weighted by Crippen LogP contribution is -2.37. The minimum absolute atomic E-state index is 0.407. The zero-order valence-electron chi connectivity index (χ0n) is 12.6.